The van der Waals surface area contributed by atoms with Crippen LogP contribution < -0.4 is 4.74 Å². The standard InChI is InChI=1S/C20H21N3O4S/c1-3-26-17-6-4-5-7-18(17)28(24,25)23-12-16(13-23)20-21-19(22-27-20)15-10-8-14(2)9-11-15/h4-11,16H,3,12-13H2,1-2H3. The zero-order valence-corrected chi connectivity index (χ0v) is 16.5. The average molecular weight is 399 g/mol. The summed E-state index contributed by atoms with van der Waals surface area (Å²) in [5.74, 6) is 1.23. The highest BCUT2D eigenvalue weighted by Crippen LogP contribution is 2.35. The Labute approximate surface area is 164 Å². The maximum Gasteiger partial charge on any atom is 0.246 e. The minimum Gasteiger partial charge on any atom is -0.492 e. The van der Waals surface area contributed by atoms with Crippen molar-refractivity contribution in [2.24, 2.45) is 0 Å². The Morgan fingerprint density at radius 1 is 1.14 bits per heavy atom. The van der Waals surface area contributed by atoms with Crippen LogP contribution in [0.3, 0.4) is 0 Å². The van der Waals surface area contributed by atoms with E-state index < -0.39 is 10.0 Å². The minimum absolute atomic E-state index is 0.110. The molecular weight excluding hydrogens is 378 g/mol. The van der Waals surface area contributed by atoms with Gasteiger partial charge in [0.1, 0.15) is 10.6 Å². The molecule has 28 heavy (non-hydrogen) atoms. The quantitative estimate of drug-likeness (QED) is 0.633. The lowest BCUT2D eigenvalue weighted by Crippen LogP contribution is -2.48. The number of rotatable bonds is 6. The van der Waals surface area contributed by atoms with E-state index in [1.54, 1.807) is 24.3 Å². The third-order valence-corrected chi connectivity index (χ3v) is 6.59. The van der Waals surface area contributed by atoms with Gasteiger partial charge in [-0.1, -0.05) is 47.1 Å². The molecule has 2 aromatic carbocycles. The van der Waals surface area contributed by atoms with Gasteiger partial charge < -0.3 is 9.26 Å². The highest BCUT2D eigenvalue weighted by molar-refractivity contribution is 7.89. The zero-order chi connectivity index (χ0) is 19.7. The van der Waals surface area contributed by atoms with Crippen molar-refractivity contribution in [3.63, 3.8) is 0 Å². The zero-order valence-electron chi connectivity index (χ0n) is 15.7. The molecule has 7 nitrogen and oxygen atoms in total. The summed E-state index contributed by atoms with van der Waals surface area (Å²) in [4.78, 5) is 4.63. The van der Waals surface area contributed by atoms with Gasteiger partial charge in [0.15, 0.2) is 0 Å². The van der Waals surface area contributed by atoms with Crippen LogP contribution in [0.4, 0.5) is 0 Å². The summed E-state index contributed by atoms with van der Waals surface area (Å²) >= 11 is 0. The molecule has 0 bridgehead atoms. The number of para-hydroxylation sites is 1. The first-order chi connectivity index (χ1) is 13.5. The molecule has 0 radical (unpaired) electrons. The molecular formula is C20H21N3O4S. The van der Waals surface area contributed by atoms with Crippen LogP contribution in [-0.2, 0) is 10.0 Å². The van der Waals surface area contributed by atoms with Crippen molar-refractivity contribution in [1.29, 1.82) is 0 Å². The van der Waals surface area contributed by atoms with Gasteiger partial charge in [0.25, 0.3) is 0 Å². The van der Waals surface area contributed by atoms with Crippen LogP contribution in [0.25, 0.3) is 11.4 Å². The van der Waals surface area contributed by atoms with Gasteiger partial charge in [-0.15, -0.1) is 0 Å². The summed E-state index contributed by atoms with van der Waals surface area (Å²) in [6.07, 6.45) is 0. The lowest BCUT2D eigenvalue weighted by molar-refractivity contribution is 0.216. The second-order valence-corrected chi connectivity index (χ2v) is 8.63. The highest BCUT2D eigenvalue weighted by atomic mass is 32.2. The molecule has 0 amide bonds. The van der Waals surface area contributed by atoms with Crippen molar-refractivity contribution < 1.29 is 17.7 Å². The van der Waals surface area contributed by atoms with Gasteiger partial charge in [-0.25, -0.2) is 8.42 Å². The van der Waals surface area contributed by atoms with E-state index in [1.165, 1.54) is 4.31 Å². The molecule has 8 heteroatoms. The predicted molar refractivity (Wildman–Crippen MR) is 104 cm³/mol. The van der Waals surface area contributed by atoms with Crippen molar-refractivity contribution in [3.8, 4) is 17.1 Å². The second kappa shape index (κ2) is 7.37. The summed E-state index contributed by atoms with van der Waals surface area (Å²) in [7, 11) is -3.63. The van der Waals surface area contributed by atoms with E-state index in [-0.39, 0.29) is 10.8 Å². The molecule has 1 saturated heterocycles. The number of nitrogens with zero attached hydrogens (tertiary/aromatic N) is 3. The Kier molecular flexibility index (Phi) is 4.91. The molecule has 146 valence electrons. The van der Waals surface area contributed by atoms with Crippen molar-refractivity contribution in [2.45, 2.75) is 24.7 Å². The number of sulfonamides is 1. The summed E-state index contributed by atoms with van der Waals surface area (Å²) in [6, 6.07) is 14.5. The lowest BCUT2D eigenvalue weighted by atomic mass is 10.0. The van der Waals surface area contributed by atoms with Gasteiger partial charge >= 0.3 is 0 Å². The molecule has 2 heterocycles. The van der Waals surface area contributed by atoms with E-state index >= 15 is 0 Å². The highest BCUT2D eigenvalue weighted by Gasteiger charge is 2.41. The van der Waals surface area contributed by atoms with Gasteiger partial charge in [0, 0.05) is 18.7 Å². The van der Waals surface area contributed by atoms with E-state index in [1.807, 2.05) is 38.1 Å². The SMILES string of the molecule is CCOc1ccccc1S(=O)(=O)N1CC(c2nc(-c3ccc(C)cc3)no2)C1. The fourth-order valence-corrected chi connectivity index (χ4v) is 4.75. The molecule has 0 aliphatic carbocycles. The molecule has 1 aliphatic heterocycles. The van der Waals surface area contributed by atoms with E-state index in [0.29, 0.717) is 37.2 Å². The van der Waals surface area contributed by atoms with Gasteiger partial charge in [-0.3, -0.25) is 0 Å². The molecule has 1 fully saturated rings. The molecule has 0 N–H and O–H groups in total. The summed E-state index contributed by atoms with van der Waals surface area (Å²) in [6.45, 7) is 4.85. The largest absolute Gasteiger partial charge is 0.492 e. The molecule has 0 spiro atoms. The molecule has 0 saturated carbocycles. The Balaban J connectivity index is 1.48. The van der Waals surface area contributed by atoms with Crippen molar-refractivity contribution in [2.75, 3.05) is 19.7 Å². The van der Waals surface area contributed by atoms with Crippen LogP contribution in [0.5, 0.6) is 5.75 Å². The van der Waals surface area contributed by atoms with E-state index in [4.69, 9.17) is 9.26 Å². The number of hydrogen-bond acceptors (Lipinski definition) is 6. The summed E-state index contributed by atoms with van der Waals surface area (Å²) in [5.41, 5.74) is 2.02. The maximum atomic E-state index is 12.9. The van der Waals surface area contributed by atoms with Crippen LogP contribution in [-0.4, -0.2) is 42.6 Å². The topological polar surface area (TPSA) is 85.5 Å². The van der Waals surface area contributed by atoms with E-state index in [2.05, 4.69) is 10.1 Å². The molecule has 1 aliphatic rings. The minimum atomic E-state index is -3.63. The Morgan fingerprint density at radius 3 is 2.57 bits per heavy atom. The number of benzene rings is 2. The Bertz CT molecular complexity index is 1070. The normalized spacial score (nSPS) is 15.4. The van der Waals surface area contributed by atoms with Crippen molar-refractivity contribution >= 4 is 10.0 Å². The van der Waals surface area contributed by atoms with E-state index in [9.17, 15) is 8.42 Å². The third kappa shape index (κ3) is 3.41. The summed E-state index contributed by atoms with van der Waals surface area (Å²) < 4.78 is 38.1. The number of ether oxygens (including phenoxy) is 1. The monoisotopic (exact) mass is 399 g/mol. The van der Waals surface area contributed by atoms with Crippen LogP contribution in [0.15, 0.2) is 57.9 Å². The first-order valence-corrected chi connectivity index (χ1v) is 10.6. The molecule has 0 unspecified atom stereocenters. The molecule has 0 atom stereocenters. The predicted octanol–water partition coefficient (Wildman–Crippen LogP) is 3.23. The van der Waals surface area contributed by atoms with Crippen LogP contribution in [0, 0.1) is 6.92 Å². The van der Waals surface area contributed by atoms with Gasteiger partial charge in [0.05, 0.1) is 12.5 Å². The first-order valence-electron chi connectivity index (χ1n) is 9.11. The van der Waals surface area contributed by atoms with E-state index in [0.717, 1.165) is 11.1 Å². The molecule has 1 aromatic heterocycles. The smallest absolute Gasteiger partial charge is 0.246 e. The Morgan fingerprint density at radius 2 is 1.86 bits per heavy atom. The number of aryl methyl sites for hydroxylation is 1. The third-order valence-electron chi connectivity index (χ3n) is 4.72. The molecule has 3 aromatic rings. The first kappa shape index (κ1) is 18.6. The average Bonchev–Trinajstić information content (AvgIpc) is 3.11. The fraction of sp³-hybridized carbons (Fsp3) is 0.300. The summed E-state index contributed by atoms with van der Waals surface area (Å²) in [5, 5.41) is 4.03. The number of aromatic nitrogens is 2. The lowest BCUT2D eigenvalue weighted by Gasteiger charge is -2.36. The second-order valence-electron chi connectivity index (χ2n) is 6.72. The van der Waals surface area contributed by atoms with Gasteiger partial charge in [-0.05, 0) is 26.0 Å². The Hall–Kier alpha value is -2.71. The van der Waals surface area contributed by atoms with Crippen LogP contribution >= 0.6 is 0 Å². The number of hydrogen-bond donors (Lipinski definition) is 0. The van der Waals surface area contributed by atoms with Crippen LogP contribution in [0.2, 0.25) is 0 Å². The van der Waals surface area contributed by atoms with Crippen molar-refractivity contribution in [1.82, 2.24) is 14.4 Å². The molecule has 4 rings (SSSR count). The van der Waals surface area contributed by atoms with Crippen LogP contribution in [0.1, 0.15) is 24.3 Å². The maximum absolute atomic E-state index is 12.9. The van der Waals surface area contributed by atoms with Gasteiger partial charge in [-0.2, -0.15) is 9.29 Å². The fourth-order valence-electron chi connectivity index (χ4n) is 3.09. The van der Waals surface area contributed by atoms with Crippen molar-refractivity contribution in [3.05, 3.63) is 60.0 Å². The van der Waals surface area contributed by atoms with Gasteiger partial charge in [0.2, 0.25) is 21.7 Å².